The summed E-state index contributed by atoms with van der Waals surface area (Å²) in [6.45, 7) is 5.96. The van der Waals surface area contributed by atoms with E-state index >= 15 is 0 Å². The van der Waals surface area contributed by atoms with Gasteiger partial charge in [-0.05, 0) is 44.4 Å². The summed E-state index contributed by atoms with van der Waals surface area (Å²) in [6.07, 6.45) is 5.29. The molecule has 0 unspecified atom stereocenters. The Morgan fingerprint density at radius 2 is 1.70 bits per heavy atom. The third-order valence-electron chi connectivity index (χ3n) is 4.58. The predicted molar refractivity (Wildman–Crippen MR) is 78.5 cm³/mol. The fourth-order valence-corrected chi connectivity index (χ4v) is 2.81. The molecule has 0 spiro atoms. The van der Waals surface area contributed by atoms with Crippen molar-refractivity contribution in [3.8, 4) is 0 Å². The van der Waals surface area contributed by atoms with Crippen molar-refractivity contribution >= 4 is 11.9 Å². The number of rotatable bonds is 7. The molecular formula is C15H28N2O3. The molecule has 1 rings (SSSR count). The molecule has 1 amide bonds. The van der Waals surface area contributed by atoms with E-state index in [-0.39, 0.29) is 18.5 Å². The highest BCUT2D eigenvalue weighted by atomic mass is 16.4. The molecule has 3 N–H and O–H groups in total. The van der Waals surface area contributed by atoms with Crippen LogP contribution < -0.4 is 10.6 Å². The number of hydrogen-bond acceptors (Lipinski definition) is 3. The van der Waals surface area contributed by atoms with Gasteiger partial charge in [-0.2, -0.15) is 0 Å². The normalized spacial score (nSPS) is 23.4. The molecule has 5 heteroatoms. The first-order chi connectivity index (χ1) is 9.43. The summed E-state index contributed by atoms with van der Waals surface area (Å²) in [7, 11) is 0. The van der Waals surface area contributed by atoms with Crippen molar-refractivity contribution in [2.75, 3.05) is 6.54 Å². The zero-order valence-corrected chi connectivity index (χ0v) is 12.9. The first-order valence-electron chi connectivity index (χ1n) is 7.71. The Bertz CT molecular complexity index is 332. The van der Waals surface area contributed by atoms with Crippen LogP contribution in [-0.4, -0.2) is 35.1 Å². The number of carboxylic acids is 1. The van der Waals surface area contributed by atoms with E-state index in [1.807, 2.05) is 13.8 Å². The average molecular weight is 284 g/mol. The minimum atomic E-state index is -0.988. The Balaban J connectivity index is 2.40. The lowest BCUT2D eigenvalue weighted by atomic mass is 9.87. The van der Waals surface area contributed by atoms with Crippen LogP contribution in [0.2, 0.25) is 0 Å². The third kappa shape index (κ3) is 4.47. The highest BCUT2D eigenvalue weighted by Gasteiger charge is 2.34. The molecule has 0 atom stereocenters. The van der Waals surface area contributed by atoms with Crippen molar-refractivity contribution in [3.05, 3.63) is 0 Å². The van der Waals surface area contributed by atoms with E-state index in [2.05, 4.69) is 17.6 Å². The molecule has 1 saturated carbocycles. The van der Waals surface area contributed by atoms with Crippen LogP contribution >= 0.6 is 0 Å². The standard InChI is InChI=1S/C15H28N2O3/c1-4-15(5-2,14(19)20)16-10-13(18)17-12-8-6-11(3)7-9-12/h11-12,16H,4-10H2,1-3H3,(H,17,18)(H,19,20). The van der Waals surface area contributed by atoms with Crippen LogP contribution in [0, 0.1) is 5.92 Å². The Morgan fingerprint density at radius 3 is 2.15 bits per heavy atom. The lowest BCUT2D eigenvalue weighted by molar-refractivity contribution is -0.145. The maximum atomic E-state index is 11.9. The second-order valence-electron chi connectivity index (χ2n) is 5.97. The molecule has 116 valence electrons. The molecule has 0 aromatic heterocycles. The predicted octanol–water partition coefficient (Wildman–Crippen LogP) is 1.91. The third-order valence-corrected chi connectivity index (χ3v) is 4.58. The van der Waals surface area contributed by atoms with Crippen LogP contribution in [-0.2, 0) is 9.59 Å². The van der Waals surface area contributed by atoms with Gasteiger partial charge in [-0.15, -0.1) is 0 Å². The Hall–Kier alpha value is -1.10. The van der Waals surface area contributed by atoms with Gasteiger partial charge >= 0.3 is 5.97 Å². The number of carboxylic acid groups (broad SMARTS) is 1. The number of aliphatic carboxylic acids is 1. The highest BCUT2D eigenvalue weighted by Crippen LogP contribution is 2.23. The van der Waals surface area contributed by atoms with Crippen molar-refractivity contribution in [3.63, 3.8) is 0 Å². The second kappa shape index (κ2) is 7.62. The van der Waals surface area contributed by atoms with Gasteiger partial charge in [0.2, 0.25) is 5.91 Å². The van der Waals surface area contributed by atoms with Crippen LogP contribution in [0.3, 0.4) is 0 Å². The number of amides is 1. The molecule has 0 saturated heterocycles. The van der Waals surface area contributed by atoms with Gasteiger partial charge in [0.25, 0.3) is 0 Å². The SMILES string of the molecule is CCC(CC)(NCC(=O)NC1CCC(C)CC1)C(=O)O. The van der Waals surface area contributed by atoms with E-state index in [4.69, 9.17) is 0 Å². The fraction of sp³-hybridized carbons (Fsp3) is 0.867. The summed E-state index contributed by atoms with van der Waals surface area (Å²) in [4.78, 5) is 23.3. The monoisotopic (exact) mass is 284 g/mol. The van der Waals surface area contributed by atoms with Gasteiger partial charge in [0.1, 0.15) is 5.54 Å². The molecule has 0 radical (unpaired) electrons. The van der Waals surface area contributed by atoms with Gasteiger partial charge in [-0.1, -0.05) is 20.8 Å². The molecule has 0 aliphatic heterocycles. The van der Waals surface area contributed by atoms with Crippen molar-refractivity contribution in [2.24, 2.45) is 5.92 Å². The van der Waals surface area contributed by atoms with Gasteiger partial charge in [-0.3, -0.25) is 14.9 Å². The van der Waals surface area contributed by atoms with E-state index in [9.17, 15) is 14.7 Å². The number of hydrogen-bond donors (Lipinski definition) is 3. The Kier molecular flexibility index (Phi) is 6.46. The van der Waals surface area contributed by atoms with Crippen LogP contribution in [0.4, 0.5) is 0 Å². The van der Waals surface area contributed by atoms with E-state index in [0.717, 1.165) is 31.6 Å². The van der Waals surface area contributed by atoms with E-state index in [0.29, 0.717) is 12.8 Å². The van der Waals surface area contributed by atoms with Gasteiger partial charge in [-0.25, -0.2) is 0 Å². The largest absolute Gasteiger partial charge is 0.480 e. The van der Waals surface area contributed by atoms with Crippen molar-refractivity contribution in [2.45, 2.75) is 70.9 Å². The van der Waals surface area contributed by atoms with Gasteiger partial charge in [0, 0.05) is 6.04 Å². The second-order valence-corrected chi connectivity index (χ2v) is 5.97. The van der Waals surface area contributed by atoms with Crippen LogP contribution in [0.25, 0.3) is 0 Å². The van der Waals surface area contributed by atoms with Gasteiger partial charge in [0.05, 0.1) is 6.54 Å². The van der Waals surface area contributed by atoms with Gasteiger partial charge < -0.3 is 10.4 Å². The summed E-state index contributed by atoms with van der Waals surface area (Å²) in [5.41, 5.74) is -0.988. The van der Waals surface area contributed by atoms with Crippen LogP contribution in [0.15, 0.2) is 0 Å². The number of nitrogens with one attached hydrogen (secondary N) is 2. The molecule has 0 aromatic carbocycles. The summed E-state index contributed by atoms with van der Waals surface area (Å²) < 4.78 is 0. The number of carbonyl (C=O) groups excluding carboxylic acids is 1. The van der Waals surface area contributed by atoms with E-state index in [1.165, 1.54) is 0 Å². The zero-order valence-electron chi connectivity index (χ0n) is 12.9. The lowest BCUT2D eigenvalue weighted by Gasteiger charge is -2.30. The molecular weight excluding hydrogens is 256 g/mol. The first-order valence-corrected chi connectivity index (χ1v) is 7.71. The minimum absolute atomic E-state index is 0.0695. The molecule has 20 heavy (non-hydrogen) atoms. The van der Waals surface area contributed by atoms with Gasteiger partial charge in [0.15, 0.2) is 0 Å². The molecule has 1 aliphatic carbocycles. The van der Waals surface area contributed by atoms with E-state index < -0.39 is 11.5 Å². The highest BCUT2D eigenvalue weighted by molar-refractivity contribution is 5.82. The van der Waals surface area contributed by atoms with Crippen LogP contribution in [0.5, 0.6) is 0 Å². The molecule has 5 nitrogen and oxygen atoms in total. The van der Waals surface area contributed by atoms with Crippen molar-refractivity contribution in [1.29, 1.82) is 0 Å². The minimum Gasteiger partial charge on any atom is -0.480 e. The smallest absolute Gasteiger partial charge is 0.323 e. The topological polar surface area (TPSA) is 78.4 Å². The number of carbonyl (C=O) groups is 2. The van der Waals surface area contributed by atoms with Crippen molar-refractivity contribution < 1.29 is 14.7 Å². The Morgan fingerprint density at radius 1 is 1.15 bits per heavy atom. The summed E-state index contributed by atoms with van der Waals surface area (Å²) in [6, 6.07) is 0.253. The maximum absolute atomic E-state index is 11.9. The molecule has 1 aliphatic rings. The first kappa shape index (κ1) is 17.0. The molecule has 1 fully saturated rings. The quantitative estimate of drug-likeness (QED) is 0.667. The zero-order chi connectivity index (χ0) is 15.2. The fourth-order valence-electron chi connectivity index (χ4n) is 2.81. The van der Waals surface area contributed by atoms with E-state index in [1.54, 1.807) is 0 Å². The Labute approximate surface area is 121 Å². The molecule has 0 bridgehead atoms. The summed E-state index contributed by atoms with van der Waals surface area (Å²) >= 11 is 0. The average Bonchev–Trinajstić information content (AvgIpc) is 2.43. The van der Waals surface area contributed by atoms with Crippen molar-refractivity contribution in [1.82, 2.24) is 10.6 Å². The molecule has 0 aromatic rings. The summed E-state index contributed by atoms with van der Waals surface area (Å²) in [5.74, 6) is -0.236. The van der Waals surface area contributed by atoms with Crippen LogP contribution in [0.1, 0.15) is 59.3 Å². The lowest BCUT2D eigenvalue weighted by Crippen LogP contribution is -2.54. The maximum Gasteiger partial charge on any atom is 0.323 e. The summed E-state index contributed by atoms with van der Waals surface area (Å²) in [5, 5.41) is 15.2. The molecule has 0 heterocycles.